The highest BCUT2D eigenvalue weighted by Crippen LogP contribution is 2.28. The summed E-state index contributed by atoms with van der Waals surface area (Å²) in [5, 5.41) is 8.79. The van der Waals surface area contributed by atoms with Crippen molar-refractivity contribution < 1.29 is 9.90 Å². The van der Waals surface area contributed by atoms with Crippen molar-refractivity contribution in [3.63, 3.8) is 0 Å². The number of rotatable bonds is 3. The Kier molecular flexibility index (Phi) is 3.30. The number of hydrogen-bond donors (Lipinski definition) is 1. The van der Waals surface area contributed by atoms with Gasteiger partial charge in [0, 0.05) is 0 Å². The Morgan fingerprint density at radius 1 is 1.64 bits per heavy atom. The normalized spacial score (nSPS) is 14.1. The monoisotopic (exact) mass is 156 g/mol. The predicted molar refractivity (Wildman–Crippen MR) is 45.4 cm³/mol. The number of aliphatic carboxylic acids is 1. The van der Waals surface area contributed by atoms with Crippen LogP contribution in [0.1, 0.15) is 27.2 Å². The summed E-state index contributed by atoms with van der Waals surface area (Å²) in [5.41, 5.74) is -0.181. The largest absolute Gasteiger partial charge is 0.481 e. The second kappa shape index (κ2) is 3.56. The van der Waals surface area contributed by atoms with E-state index in [4.69, 9.17) is 5.11 Å². The van der Waals surface area contributed by atoms with Gasteiger partial charge in [-0.2, -0.15) is 0 Å². The van der Waals surface area contributed by atoms with Gasteiger partial charge in [0.15, 0.2) is 0 Å². The Balaban J connectivity index is 4.34. The second-order valence-electron chi connectivity index (χ2n) is 3.78. The summed E-state index contributed by atoms with van der Waals surface area (Å²) in [7, 11) is 0. The third-order valence-corrected chi connectivity index (χ3v) is 1.75. The van der Waals surface area contributed by atoms with Crippen molar-refractivity contribution in [2.75, 3.05) is 0 Å². The van der Waals surface area contributed by atoms with Crippen molar-refractivity contribution >= 4 is 5.97 Å². The van der Waals surface area contributed by atoms with E-state index in [1.807, 2.05) is 20.8 Å². The molecule has 0 aromatic carbocycles. The zero-order valence-corrected chi connectivity index (χ0v) is 7.42. The maximum atomic E-state index is 10.7. The van der Waals surface area contributed by atoms with E-state index >= 15 is 0 Å². The highest BCUT2D eigenvalue weighted by Gasteiger charge is 2.29. The molecule has 0 amide bonds. The summed E-state index contributed by atoms with van der Waals surface area (Å²) in [4.78, 5) is 10.7. The molecule has 0 unspecified atom stereocenters. The second-order valence-corrected chi connectivity index (χ2v) is 3.78. The van der Waals surface area contributed by atoms with Crippen molar-refractivity contribution in [1.29, 1.82) is 0 Å². The molecule has 0 aliphatic carbocycles. The van der Waals surface area contributed by atoms with E-state index in [-0.39, 0.29) is 11.3 Å². The summed E-state index contributed by atoms with van der Waals surface area (Å²) < 4.78 is 0. The van der Waals surface area contributed by atoms with Gasteiger partial charge in [-0.15, -0.1) is 6.58 Å². The first-order valence-corrected chi connectivity index (χ1v) is 3.73. The van der Waals surface area contributed by atoms with Crippen LogP contribution in [0.3, 0.4) is 0 Å². The fourth-order valence-electron chi connectivity index (χ4n) is 0.991. The molecule has 2 nitrogen and oxygen atoms in total. The van der Waals surface area contributed by atoms with E-state index in [0.29, 0.717) is 6.42 Å². The van der Waals surface area contributed by atoms with Crippen LogP contribution in [0.5, 0.6) is 0 Å². The Labute approximate surface area is 67.9 Å². The molecule has 0 aliphatic rings. The molecule has 11 heavy (non-hydrogen) atoms. The van der Waals surface area contributed by atoms with Crippen LogP contribution in [0.4, 0.5) is 0 Å². The Hall–Kier alpha value is -0.790. The van der Waals surface area contributed by atoms with E-state index in [1.165, 1.54) is 0 Å². The van der Waals surface area contributed by atoms with Gasteiger partial charge in [0.1, 0.15) is 0 Å². The van der Waals surface area contributed by atoms with Gasteiger partial charge in [-0.25, -0.2) is 0 Å². The summed E-state index contributed by atoms with van der Waals surface area (Å²) in [6.07, 6.45) is 2.20. The molecule has 0 spiro atoms. The minimum Gasteiger partial charge on any atom is -0.481 e. The van der Waals surface area contributed by atoms with Crippen LogP contribution >= 0.6 is 0 Å². The van der Waals surface area contributed by atoms with Gasteiger partial charge < -0.3 is 5.11 Å². The Morgan fingerprint density at radius 3 is 2.18 bits per heavy atom. The lowest BCUT2D eigenvalue weighted by molar-refractivity contribution is -0.145. The lowest BCUT2D eigenvalue weighted by Crippen LogP contribution is -2.27. The third-order valence-electron chi connectivity index (χ3n) is 1.75. The first-order valence-electron chi connectivity index (χ1n) is 3.73. The van der Waals surface area contributed by atoms with Crippen LogP contribution in [0, 0.1) is 11.3 Å². The average molecular weight is 156 g/mol. The highest BCUT2D eigenvalue weighted by atomic mass is 16.4. The molecular weight excluding hydrogens is 140 g/mol. The van der Waals surface area contributed by atoms with E-state index < -0.39 is 5.97 Å². The van der Waals surface area contributed by atoms with Gasteiger partial charge in [-0.05, 0) is 11.8 Å². The summed E-state index contributed by atoms with van der Waals surface area (Å²) in [6, 6.07) is 0. The molecular formula is C9H16O2. The van der Waals surface area contributed by atoms with Gasteiger partial charge in [0.05, 0.1) is 5.92 Å². The van der Waals surface area contributed by atoms with E-state index in [0.717, 1.165) is 0 Å². The predicted octanol–water partition coefficient (Wildman–Crippen LogP) is 2.31. The molecule has 0 saturated carbocycles. The topological polar surface area (TPSA) is 37.3 Å². The molecule has 0 rings (SSSR count). The van der Waals surface area contributed by atoms with Crippen LogP contribution < -0.4 is 0 Å². The van der Waals surface area contributed by atoms with E-state index in [2.05, 4.69) is 6.58 Å². The van der Waals surface area contributed by atoms with Crippen LogP contribution in [0.2, 0.25) is 0 Å². The van der Waals surface area contributed by atoms with Crippen LogP contribution in [0.25, 0.3) is 0 Å². The van der Waals surface area contributed by atoms with Gasteiger partial charge in [0.25, 0.3) is 0 Å². The van der Waals surface area contributed by atoms with Gasteiger partial charge in [0.2, 0.25) is 0 Å². The zero-order chi connectivity index (χ0) is 9.07. The molecule has 0 heterocycles. The molecule has 0 radical (unpaired) electrons. The molecule has 0 aliphatic heterocycles. The number of allylic oxidation sites excluding steroid dienone is 1. The Bertz CT molecular complexity index is 153. The molecule has 0 fully saturated rings. The van der Waals surface area contributed by atoms with Gasteiger partial charge in [-0.1, -0.05) is 26.8 Å². The van der Waals surface area contributed by atoms with Crippen LogP contribution in [-0.2, 0) is 4.79 Å². The van der Waals surface area contributed by atoms with Crippen LogP contribution in [0.15, 0.2) is 12.7 Å². The highest BCUT2D eigenvalue weighted by molar-refractivity contribution is 5.71. The van der Waals surface area contributed by atoms with Crippen molar-refractivity contribution in [2.45, 2.75) is 27.2 Å². The average Bonchev–Trinajstić information content (AvgIpc) is 1.79. The number of hydrogen-bond acceptors (Lipinski definition) is 1. The molecule has 0 saturated heterocycles. The Morgan fingerprint density at radius 2 is 2.09 bits per heavy atom. The molecule has 1 N–H and O–H groups in total. The fourth-order valence-corrected chi connectivity index (χ4v) is 0.991. The smallest absolute Gasteiger partial charge is 0.307 e. The number of carboxylic acid groups (broad SMARTS) is 1. The molecule has 0 aromatic rings. The van der Waals surface area contributed by atoms with Crippen molar-refractivity contribution in [3.8, 4) is 0 Å². The maximum Gasteiger partial charge on any atom is 0.307 e. The molecule has 1 atom stereocenters. The van der Waals surface area contributed by atoms with Crippen LogP contribution in [-0.4, -0.2) is 11.1 Å². The lowest BCUT2D eigenvalue weighted by atomic mass is 9.79. The van der Waals surface area contributed by atoms with Gasteiger partial charge >= 0.3 is 5.97 Å². The van der Waals surface area contributed by atoms with E-state index in [1.54, 1.807) is 6.08 Å². The maximum absolute atomic E-state index is 10.7. The first kappa shape index (κ1) is 10.2. The standard InChI is InChI=1S/C9H16O2/c1-5-6-7(8(10)11)9(2,3)4/h5,7H,1,6H2,2-4H3,(H,10,11)/t7-/m1/s1. The molecule has 64 valence electrons. The third kappa shape index (κ3) is 3.21. The SMILES string of the molecule is C=CC[C@H](C(=O)O)C(C)(C)C. The summed E-state index contributed by atoms with van der Waals surface area (Å²) in [5.74, 6) is -1.06. The number of carbonyl (C=O) groups is 1. The fraction of sp³-hybridized carbons (Fsp3) is 0.667. The quantitative estimate of drug-likeness (QED) is 0.636. The number of carboxylic acids is 1. The first-order chi connectivity index (χ1) is 4.89. The van der Waals surface area contributed by atoms with Crippen molar-refractivity contribution in [1.82, 2.24) is 0 Å². The van der Waals surface area contributed by atoms with Crippen molar-refractivity contribution in [2.24, 2.45) is 11.3 Å². The molecule has 0 bridgehead atoms. The zero-order valence-electron chi connectivity index (χ0n) is 7.42. The van der Waals surface area contributed by atoms with E-state index in [9.17, 15) is 4.79 Å². The van der Waals surface area contributed by atoms with Crippen molar-refractivity contribution in [3.05, 3.63) is 12.7 Å². The summed E-state index contributed by atoms with van der Waals surface area (Å²) in [6.45, 7) is 9.31. The lowest BCUT2D eigenvalue weighted by Gasteiger charge is -2.25. The minimum atomic E-state index is -0.739. The minimum absolute atomic E-state index is 0.181. The summed E-state index contributed by atoms with van der Waals surface area (Å²) >= 11 is 0. The molecule has 0 aromatic heterocycles. The molecule has 2 heteroatoms. The van der Waals surface area contributed by atoms with Gasteiger partial charge in [-0.3, -0.25) is 4.79 Å².